The Morgan fingerprint density at radius 2 is 1.67 bits per heavy atom. The number of fused-ring (bicyclic) bond motifs is 4. The Kier molecular flexibility index (Phi) is 4.16. The van der Waals surface area contributed by atoms with Crippen LogP contribution in [0, 0.1) is 11.8 Å². The molecule has 3 atom stereocenters. The van der Waals surface area contributed by atoms with Crippen LogP contribution >= 0.6 is 0 Å². The number of nitrogens with zero attached hydrogens (tertiary/aromatic N) is 2. The average Bonchev–Trinajstić information content (AvgIpc) is 2.73. The van der Waals surface area contributed by atoms with Crippen molar-refractivity contribution in [1.82, 2.24) is 9.80 Å². The molecule has 3 saturated heterocycles. The van der Waals surface area contributed by atoms with E-state index < -0.39 is 6.09 Å². The molecule has 140 valence electrons. The van der Waals surface area contributed by atoms with Crippen molar-refractivity contribution < 1.29 is 9.90 Å². The molecule has 4 heteroatoms. The smallest absolute Gasteiger partial charge is 0.408 e. The van der Waals surface area contributed by atoms with Crippen LogP contribution in [0.25, 0.3) is 0 Å². The number of piperidine rings is 3. The highest BCUT2D eigenvalue weighted by Crippen LogP contribution is 2.44. The van der Waals surface area contributed by atoms with Crippen LogP contribution in [0.5, 0.6) is 0 Å². The van der Waals surface area contributed by atoms with Gasteiger partial charge >= 0.3 is 6.09 Å². The van der Waals surface area contributed by atoms with Gasteiger partial charge in [0.25, 0.3) is 0 Å². The van der Waals surface area contributed by atoms with E-state index in [9.17, 15) is 9.90 Å². The normalized spacial score (nSPS) is 32.1. The van der Waals surface area contributed by atoms with Gasteiger partial charge in [-0.25, -0.2) is 4.79 Å². The van der Waals surface area contributed by atoms with Gasteiger partial charge in [0.05, 0.1) is 6.04 Å². The van der Waals surface area contributed by atoms with Crippen LogP contribution < -0.4 is 0 Å². The average molecular weight is 362 g/mol. The van der Waals surface area contributed by atoms with Gasteiger partial charge in [0.2, 0.25) is 0 Å². The number of carbonyl (C=O) groups is 1. The Labute approximate surface area is 160 Å². The minimum Gasteiger partial charge on any atom is -0.465 e. The summed E-state index contributed by atoms with van der Waals surface area (Å²) in [5.74, 6) is 1.09. The van der Waals surface area contributed by atoms with Crippen LogP contribution in [0.1, 0.15) is 35.6 Å². The molecule has 27 heavy (non-hydrogen) atoms. The Hall–Kier alpha value is -2.33. The van der Waals surface area contributed by atoms with Gasteiger partial charge in [-0.1, -0.05) is 54.6 Å². The minimum absolute atomic E-state index is 0.0516. The lowest BCUT2D eigenvalue weighted by atomic mass is 9.71. The second-order valence-corrected chi connectivity index (χ2v) is 8.28. The predicted molar refractivity (Wildman–Crippen MR) is 105 cm³/mol. The molecule has 0 spiro atoms. The molecule has 4 aliphatic heterocycles. The van der Waals surface area contributed by atoms with E-state index in [1.165, 1.54) is 31.5 Å². The lowest BCUT2D eigenvalue weighted by molar-refractivity contribution is -0.0123. The first-order valence-electron chi connectivity index (χ1n) is 10.1. The second-order valence-electron chi connectivity index (χ2n) is 8.28. The maximum absolute atomic E-state index is 12.5. The summed E-state index contributed by atoms with van der Waals surface area (Å²) in [6, 6.07) is 18.4. The number of hydrogen-bond donors (Lipinski definition) is 1. The van der Waals surface area contributed by atoms with E-state index >= 15 is 0 Å². The molecular weight excluding hydrogens is 336 g/mol. The first kappa shape index (κ1) is 16.8. The summed E-state index contributed by atoms with van der Waals surface area (Å²) in [6.07, 6.45) is 2.47. The molecule has 0 radical (unpaired) electrons. The van der Waals surface area contributed by atoms with E-state index in [0.29, 0.717) is 11.8 Å². The number of hydrogen-bond acceptors (Lipinski definition) is 2. The van der Waals surface area contributed by atoms with Gasteiger partial charge in [0, 0.05) is 12.6 Å². The summed E-state index contributed by atoms with van der Waals surface area (Å²) < 4.78 is 0. The van der Waals surface area contributed by atoms with Crippen molar-refractivity contribution in [2.45, 2.75) is 31.3 Å². The molecule has 0 aliphatic carbocycles. The van der Waals surface area contributed by atoms with Gasteiger partial charge < -0.3 is 10.0 Å². The van der Waals surface area contributed by atoms with Crippen molar-refractivity contribution in [2.24, 2.45) is 11.8 Å². The molecule has 2 aromatic rings. The first-order valence-corrected chi connectivity index (χ1v) is 10.1. The van der Waals surface area contributed by atoms with Gasteiger partial charge in [0.15, 0.2) is 0 Å². The summed E-state index contributed by atoms with van der Waals surface area (Å²) in [5, 5.41) is 10.3. The number of amides is 1. The molecule has 2 aromatic carbocycles. The van der Waals surface area contributed by atoms with Crippen LogP contribution in [0.15, 0.2) is 54.6 Å². The van der Waals surface area contributed by atoms with E-state index in [1.807, 2.05) is 24.3 Å². The number of rotatable bonds is 2. The molecule has 1 amide bonds. The van der Waals surface area contributed by atoms with Crippen LogP contribution in [-0.2, 0) is 6.42 Å². The molecule has 1 N–H and O–H groups in total. The fraction of sp³-hybridized carbons (Fsp3) is 0.435. The summed E-state index contributed by atoms with van der Waals surface area (Å²) in [5.41, 5.74) is 3.52. The number of carboxylic acid groups (broad SMARTS) is 1. The highest BCUT2D eigenvalue weighted by molar-refractivity contribution is 5.68. The van der Waals surface area contributed by atoms with Crippen molar-refractivity contribution in [3.63, 3.8) is 0 Å². The van der Waals surface area contributed by atoms with Gasteiger partial charge in [-0.3, -0.25) is 4.90 Å². The van der Waals surface area contributed by atoms with Crippen LogP contribution in [-0.4, -0.2) is 46.7 Å². The zero-order valence-corrected chi connectivity index (χ0v) is 15.5. The Balaban J connectivity index is 1.61. The van der Waals surface area contributed by atoms with E-state index in [0.717, 1.165) is 24.1 Å². The quantitative estimate of drug-likeness (QED) is 0.877. The molecule has 6 rings (SSSR count). The molecule has 3 fully saturated rings. The van der Waals surface area contributed by atoms with Crippen molar-refractivity contribution in [3.05, 3.63) is 71.3 Å². The third-order valence-corrected chi connectivity index (χ3v) is 6.95. The summed E-state index contributed by atoms with van der Waals surface area (Å²) >= 11 is 0. The third kappa shape index (κ3) is 2.83. The van der Waals surface area contributed by atoms with Crippen molar-refractivity contribution >= 4 is 6.09 Å². The molecule has 1 unspecified atom stereocenters. The summed E-state index contributed by atoms with van der Waals surface area (Å²) in [6.45, 7) is 3.40. The highest BCUT2D eigenvalue weighted by atomic mass is 16.4. The predicted octanol–water partition coefficient (Wildman–Crippen LogP) is 4.02. The molecular formula is C23H26N2O2. The standard InChI is InChI=1S/C23H26N2O2/c26-23(27)25-21(20-15-24-12-10-16(20)11-13-24)14-18-8-4-5-9-19(18)22(25)17-6-2-1-3-7-17/h1-9,16,20-22H,10-15H2,(H,26,27)/t20?,21-,22+/m1/s1. The lowest BCUT2D eigenvalue weighted by Crippen LogP contribution is -2.59. The Morgan fingerprint density at radius 3 is 2.33 bits per heavy atom. The van der Waals surface area contributed by atoms with Gasteiger partial charge in [-0.15, -0.1) is 0 Å². The fourth-order valence-electron chi connectivity index (χ4n) is 5.68. The maximum atomic E-state index is 12.5. The molecule has 4 aliphatic rings. The van der Waals surface area contributed by atoms with Gasteiger partial charge in [0.1, 0.15) is 0 Å². The van der Waals surface area contributed by atoms with E-state index in [2.05, 4.69) is 35.2 Å². The zero-order valence-electron chi connectivity index (χ0n) is 15.5. The number of benzene rings is 2. The van der Waals surface area contributed by atoms with Crippen molar-refractivity contribution in [3.8, 4) is 0 Å². The van der Waals surface area contributed by atoms with Gasteiger partial charge in [-0.2, -0.15) is 0 Å². The second kappa shape index (κ2) is 6.68. The monoisotopic (exact) mass is 362 g/mol. The Bertz CT molecular complexity index is 829. The minimum atomic E-state index is -0.792. The summed E-state index contributed by atoms with van der Waals surface area (Å²) in [4.78, 5) is 16.8. The molecule has 0 saturated carbocycles. The molecule has 4 nitrogen and oxygen atoms in total. The zero-order chi connectivity index (χ0) is 18.4. The summed E-state index contributed by atoms with van der Waals surface area (Å²) in [7, 11) is 0. The Morgan fingerprint density at radius 1 is 0.963 bits per heavy atom. The highest BCUT2D eigenvalue weighted by Gasteiger charge is 2.46. The van der Waals surface area contributed by atoms with E-state index in [-0.39, 0.29) is 12.1 Å². The van der Waals surface area contributed by atoms with E-state index in [1.54, 1.807) is 4.90 Å². The van der Waals surface area contributed by atoms with Crippen LogP contribution in [0.2, 0.25) is 0 Å². The van der Waals surface area contributed by atoms with Crippen molar-refractivity contribution in [2.75, 3.05) is 19.6 Å². The fourth-order valence-corrected chi connectivity index (χ4v) is 5.68. The van der Waals surface area contributed by atoms with Crippen LogP contribution in [0.4, 0.5) is 4.79 Å². The topological polar surface area (TPSA) is 43.8 Å². The first-order chi connectivity index (χ1) is 13.2. The molecule has 2 bridgehead atoms. The molecule has 4 heterocycles. The van der Waals surface area contributed by atoms with Crippen molar-refractivity contribution in [1.29, 1.82) is 0 Å². The lowest BCUT2D eigenvalue weighted by Gasteiger charge is -2.52. The SMILES string of the molecule is O=C(O)N1[C@@H](c2ccccc2)c2ccccc2C[C@@H]1C1CN2CCC1CC2. The van der Waals surface area contributed by atoms with Gasteiger partial charge in [-0.05, 0) is 60.9 Å². The largest absolute Gasteiger partial charge is 0.465 e. The maximum Gasteiger partial charge on any atom is 0.408 e. The third-order valence-electron chi connectivity index (χ3n) is 6.95. The molecule has 0 aromatic heterocycles. The van der Waals surface area contributed by atoms with Crippen LogP contribution in [0.3, 0.4) is 0 Å². The van der Waals surface area contributed by atoms with E-state index in [4.69, 9.17) is 0 Å².